The van der Waals surface area contributed by atoms with E-state index in [2.05, 4.69) is 15.0 Å². The summed E-state index contributed by atoms with van der Waals surface area (Å²) in [5.41, 5.74) is 13.2. The van der Waals surface area contributed by atoms with Gasteiger partial charge in [0.2, 0.25) is 0 Å². The quantitative estimate of drug-likeness (QED) is 0.0727. The highest BCUT2D eigenvalue weighted by Crippen LogP contribution is 2.45. The van der Waals surface area contributed by atoms with E-state index < -0.39 is 47.5 Å². The summed E-state index contributed by atoms with van der Waals surface area (Å²) >= 11 is 19.0. The van der Waals surface area contributed by atoms with Crippen molar-refractivity contribution in [3.8, 4) is 34.5 Å². The highest BCUT2D eigenvalue weighted by molar-refractivity contribution is 6.32. The SMILES string of the molecule is CC1(C)OC[C@H](CCOc2ccc(C3c4[nH]c5ccc(Cl)cc5c4CCN3C(=O)Oc3ccc(F)cc3)cc2)O1.CC1(C)OC[C@H](CCOc2ccc(C3c4[nH]c5ccc(Cl)cc5c4CCN3C(=O)Oc3ccccc3)cc2)O1.Cc1ccc(OC(=O)N2CCc3c([nH]c4ccc(Cl)cc34)C2c2ccc(OCC[C@H]3COC(C)(C)O3)cc2)cc1. The van der Waals surface area contributed by atoms with Crippen LogP contribution >= 0.6 is 34.8 Å². The van der Waals surface area contributed by atoms with Gasteiger partial charge in [-0.15, -0.1) is 0 Å². The van der Waals surface area contributed by atoms with E-state index in [1.165, 1.54) is 35.4 Å². The number of aromatic nitrogens is 3. The van der Waals surface area contributed by atoms with Crippen molar-refractivity contribution in [1.82, 2.24) is 29.7 Å². The molecule has 18 rings (SSSR count). The Labute approximate surface area is 704 Å². The predicted molar refractivity (Wildman–Crippen MR) is 453 cm³/mol. The van der Waals surface area contributed by atoms with Gasteiger partial charge in [0, 0.05) is 104 Å². The summed E-state index contributed by atoms with van der Waals surface area (Å²) in [6, 6.07) is 61.9. The molecule has 0 saturated carbocycles. The van der Waals surface area contributed by atoms with Crippen molar-refractivity contribution >= 4 is 85.8 Å². The fraction of sp³-hybridized carbons (Fsp3) is 0.330. The predicted octanol–water partition coefficient (Wildman–Crippen LogP) is 21.1. The van der Waals surface area contributed by atoms with E-state index in [-0.39, 0.29) is 36.1 Å². The lowest BCUT2D eigenvalue weighted by Crippen LogP contribution is -2.42. The Morgan fingerprint density at radius 2 is 0.689 bits per heavy atom. The zero-order valence-electron chi connectivity index (χ0n) is 67.2. The molecule has 3 fully saturated rings. The van der Waals surface area contributed by atoms with Gasteiger partial charge in [0.05, 0.1) is 58.0 Å². The van der Waals surface area contributed by atoms with Gasteiger partial charge in [-0.2, -0.15) is 0 Å². The lowest BCUT2D eigenvalue weighted by atomic mass is 9.92. The molecule has 9 aromatic carbocycles. The molecule has 3 N–H and O–H groups in total. The molecule has 618 valence electrons. The minimum atomic E-state index is -0.553. The second-order valence-electron chi connectivity index (χ2n) is 31.8. The Bertz CT molecular complexity index is 5360. The van der Waals surface area contributed by atoms with Crippen molar-refractivity contribution in [2.75, 3.05) is 59.3 Å². The standard InChI is InChI=1S/C32H33ClN2O5.C31H30ClFN2O5.C31H31ClN2O5/c1-20-4-9-24(10-5-20)39-31(36)35-16-14-26-27-18-22(33)8-13-28(27)34-29(26)30(35)21-6-11-23(12-7-21)37-17-15-25-19-38-32(2,3)40-25;1-31(2)38-18-24(40-31)14-16-37-22-8-3-19(4-9-22)29-28-25(26-17-20(32)5-12-27(26)34-28)13-15-35(29)30(36)39-23-10-6-21(33)7-11-23;1-31(2)37-19-24(39-31)15-17-36-22-11-8-20(9-12-22)29-28-25(26-18-21(32)10-13-27(26)33-28)14-16-34(29)30(35)38-23-6-4-3-5-7-23/h4-13,18,25,30,34H,14-17,19H2,1-3H3;3-12,17,24,29,34H,13-16,18H2,1-2H3;3-13,18,24,29,33H,14-17,19H2,1-2H3/t25-,30?;2*24-,29?/m000/s1. The van der Waals surface area contributed by atoms with Crippen LogP contribution in [0.3, 0.4) is 0 Å². The molecule has 12 aromatic rings. The number of ether oxygens (including phenoxy) is 12. The molecule has 0 bridgehead atoms. The number of H-pyrrole nitrogens is 3. The molecule has 0 spiro atoms. The molecule has 9 heterocycles. The number of hydrogen-bond acceptors (Lipinski definition) is 15. The Morgan fingerprint density at radius 3 is 0.992 bits per heavy atom. The maximum Gasteiger partial charge on any atom is 0.416 e. The summed E-state index contributed by atoms with van der Waals surface area (Å²) in [6.07, 6.45) is 3.00. The number of halogens is 4. The molecule has 0 aliphatic carbocycles. The largest absolute Gasteiger partial charge is 0.493 e. The zero-order valence-corrected chi connectivity index (χ0v) is 69.4. The smallest absolute Gasteiger partial charge is 0.416 e. The number of amides is 3. The Morgan fingerprint density at radius 1 is 0.395 bits per heavy atom. The molecular weight excluding hydrogens is 1580 g/mol. The van der Waals surface area contributed by atoms with Gasteiger partial charge < -0.3 is 71.8 Å². The number of nitrogens with one attached hydrogen (secondary N) is 3. The number of nitrogens with zero attached hydrogens (tertiary/aromatic N) is 3. The maximum absolute atomic E-state index is 13.5. The molecule has 3 unspecified atom stereocenters. The maximum atomic E-state index is 13.5. The van der Waals surface area contributed by atoms with Crippen molar-refractivity contribution in [3.63, 3.8) is 0 Å². The first-order valence-electron chi connectivity index (χ1n) is 40.2. The van der Waals surface area contributed by atoms with E-state index in [1.54, 1.807) is 26.8 Å². The van der Waals surface area contributed by atoms with Crippen molar-refractivity contribution < 1.29 is 75.6 Å². The number of fused-ring (bicyclic) bond motifs is 9. The Balaban J connectivity index is 0.000000133. The number of benzene rings is 9. The molecular formula is C94H94Cl3FN6O15. The topological polar surface area (TPSA) is 219 Å². The van der Waals surface area contributed by atoms with Gasteiger partial charge >= 0.3 is 18.3 Å². The van der Waals surface area contributed by atoms with Crippen LogP contribution in [0.1, 0.15) is 135 Å². The summed E-state index contributed by atoms with van der Waals surface area (Å²) in [6.45, 7) is 18.2. The van der Waals surface area contributed by atoms with E-state index in [4.69, 9.17) is 91.6 Å². The van der Waals surface area contributed by atoms with Gasteiger partial charge in [-0.3, -0.25) is 14.7 Å². The van der Waals surface area contributed by atoms with E-state index >= 15 is 0 Å². The van der Waals surface area contributed by atoms with Crippen LogP contribution in [0.15, 0.2) is 206 Å². The first-order valence-corrected chi connectivity index (χ1v) is 41.4. The van der Waals surface area contributed by atoms with E-state index in [1.807, 2.05) is 218 Å². The minimum Gasteiger partial charge on any atom is -0.493 e. The van der Waals surface area contributed by atoms with Crippen LogP contribution in [0.2, 0.25) is 15.1 Å². The van der Waals surface area contributed by atoms with Crippen LogP contribution in [0.25, 0.3) is 32.7 Å². The molecule has 25 heteroatoms. The first kappa shape index (κ1) is 82.1. The number of para-hydroxylation sites is 1. The molecule has 3 aromatic heterocycles. The van der Waals surface area contributed by atoms with Crippen molar-refractivity contribution in [2.24, 2.45) is 0 Å². The summed E-state index contributed by atoms with van der Waals surface area (Å²) < 4.78 is 83.1. The van der Waals surface area contributed by atoms with E-state index in [9.17, 15) is 18.8 Å². The third-order valence-corrected chi connectivity index (χ3v) is 22.8. The number of carbonyl (C=O) groups excluding carboxylic acids is 3. The van der Waals surface area contributed by atoms with Gasteiger partial charge in [-0.25, -0.2) is 18.8 Å². The molecule has 0 radical (unpaired) electrons. The monoisotopic (exact) mass is 1670 g/mol. The van der Waals surface area contributed by atoms with Crippen LogP contribution < -0.4 is 28.4 Å². The minimum absolute atomic E-state index is 0.00567. The molecule has 119 heavy (non-hydrogen) atoms. The summed E-state index contributed by atoms with van der Waals surface area (Å²) in [5, 5.41) is 5.24. The Hall–Kier alpha value is -10.6. The molecule has 6 atom stereocenters. The van der Waals surface area contributed by atoms with Crippen molar-refractivity contribution in [1.29, 1.82) is 0 Å². The van der Waals surface area contributed by atoms with Crippen LogP contribution in [-0.2, 0) is 47.7 Å². The van der Waals surface area contributed by atoms with Crippen LogP contribution in [0.5, 0.6) is 34.5 Å². The number of aromatic amines is 3. The normalized spacial score (nSPS) is 20.0. The number of aryl methyl sites for hydroxylation is 1. The summed E-state index contributed by atoms with van der Waals surface area (Å²) in [7, 11) is 0. The summed E-state index contributed by atoms with van der Waals surface area (Å²) in [5.74, 6) is 1.54. The molecule has 6 aliphatic heterocycles. The first-order chi connectivity index (χ1) is 57.4. The van der Waals surface area contributed by atoms with Crippen LogP contribution in [0.4, 0.5) is 18.8 Å². The van der Waals surface area contributed by atoms with E-state index in [0.29, 0.717) is 105 Å². The zero-order chi connectivity index (χ0) is 82.7. The number of hydrogen-bond donors (Lipinski definition) is 3. The van der Waals surface area contributed by atoms with Gasteiger partial charge in [-0.1, -0.05) is 107 Å². The van der Waals surface area contributed by atoms with Gasteiger partial charge in [0.25, 0.3) is 0 Å². The van der Waals surface area contributed by atoms with E-state index in [0.717, 1.165) is 114 Å². The summed E-state index contributed by atoms with van der Waals surface area (Å²) in [4.78, 5) is 56.3. The van der Waals surface area contributed by atoms with Gasteiger partial charge in [-0.05, 0) is 241 Å². The lowest BCUT2D eigenvalue weighted by molar-refractivity contribution is -0.140. The third kappa shape index (κ3) is 19.3. The Kier molecular flexibility index (Phi) is 24.4. The number of rotatable bonds is 18. The fourth-order valence-electron chi connectivity index (χ4n) is 16.4. The highest BCUT2D eigenvalue weighted by Gasteiger charge is 2.41. The average Bonchev–Trinajstić information content (AvgIpc) is 1.63. The molecule has 3 amide bonds. The fourth-order valence-corrected chi connectivity index (χ4v) is 16.9. The second-order valence-corrected chi connectivity index (χ2v) is 33.1. The van der Waals surface area contributed by atoms with Gasteiger partial charge in [0.15, 0.2) is 17.4 Å². The van der Waals surface area contributed by atoms with Crippen LogP contribution in [0, 0.1) is 12.7 Å². The molecule has 6 aliphatic rings. The molecule has 21 nitrogen and oxygen atoms in total. The lowest BCUT2D eigenvalue weighted by Gasteiger charge is -2.35. The third-order valence-electron chi connectivity index (χ3n) is 22.1. The van der Waals surface area contributed by atoms with Crippen molar-refractivity contribution in [2.45, 2.75) is 141 Å². The average molecular weight is 1670 g/mol. The van der Waals surface area contributed by atoms with Gasteiger partial charge in [0.1, 0.15) is 58.4 Å². The number of carbonyl (C=O) groups is 3. The highest BCUT2D eigenvalue weighted by atomic mass is 35.5. The van der Waals surface area contributed by atoms with Crippen molar-refractivity contribution in [3.05, 3.63) is 283 Å². The van der Waals surface area contributed by atoms with Crippen LogP contribution in [-0.4, -0.2) is 143 Å². The second kappa shape index (κ2) is 35.4. The molecule has 3 saturated heterocycles.